The number of nitrogens with one attached hydrogen (secondary N) is 1. The third-order valence-corrected chi connectivity index (χ3v) is 4.69. The lowest BCUT2D eigenvalue weighted by Gasteiger charge is -2.32. The predicted octanol–water partition coefficient (Wildman–Crippen LogP) is 2.24. The van der Waals surface area contributed by atoms with Crippen molar-refractivity contribution in [1.82, 2.24) is 10.2 Å². The first-order valence-corrected chi connectivity index (χ1v) is 7.64. The monoisotopic (exact) mass is 292 g/mol. The highest BCUT2D eigenvalue weighted by Gasteiger charge is 2.34. The molecule has 2 aliphatic heterocycles. The van der Waals surface area contributed by atoms with Crippen LogP contribution in [0.5, 0.6) is 0 Å². The molecule has 0 radical (unpaired) electrons. The van der Waals surface area contributed by atoms with Crippen LogP contribution in [0.4, 0.5) is 4.39 Å². The normalized spacial score (nSPS) is 25.8. The molecule has 5 heteroatoms. The van der Waals surface area contributed by atoms with Gasteiger partial charge in [-0.2, -0.15) is 0 Å². The number of aromatic carboxylic acids is 1. The maximum atomic E-state index is 13.7. The molecule has 2 N–H and O–H groups in total. The number of carboxylic acid groups (broad SMARTS) is 1. The van der Waals surface area contributed by atoms with Gasteiger partial charge in [0.1, 0.15) is 5.82 Å². The molecule has 0 aliphatic carbocycles. The zero-order valence-electron chi connectivity index (χ0n) is 12.0. The van der Waals surface area contributed by atoms with Crippen molar-refractivity contribution in [2.45, 2.75) is 44.3 Å². The van der Waals surface area contributed by atoms with Gasteiger partial charge in [0, 0.05) is 25.2 Å². The van der Waals surface area contributed by atoms with E-state index in [1.807, 2.05) is 0 Å². The third-order valence-electron chi connectivity index (χ3n) is 4.69. The molecule has 2 saturated heterocycles. The third kappa shape index (κ3) is 3.09. The summed E-state index contributed by atoms with van der Waals surface area (Å²) in [4.78, 5) is 13.3. The molecule has 2 heterocycles. The molecule has 2 atom stereocenters. The highest BCUT2D eigenvalue weighted by Crippen LogP contribution is 2.27. The van der Waals surface area contributed by atoms with E-state index in [0.29, 0.717) is 18.6 Å². The molecule has 1 aromatic rings. The average Bonchev–Trinajstić information content (AvgIpc) is 2.88. The molecule has 0 bridgehead atoms. The van der Waals surface area contributed by atoms with Crippen LogP contribution in [0.15, 0.2) is 18.2 Å². The van der Waals surface area contributed by atoms with Crippen LogP contribution in [0.2, 0.25) is 0 Å². The van der Waals surface area contributed by atoms with Crippen LogP contribution in [0.1, 0.15) is 41.6 Å². The summed E-state index contributed by atoms with van der Waals surface area (Å²) in [6.45, 7) is 2.94. The smallest absolute Gasteiger partial charge is 0.338 e. The van der Waals surface area contributed by atoms with Crippen LogP contribution in [0.25, 0.3) is 0 Å². The number of halogens is 1. The van der Waals surface area contributed by atoms with Gasteiger partial charge in [0.15, 0.2) is 0 Å². The van der Waals surface area contributed by atoms with Crippen molar-refractivity contribution in [3.8, 4) is 0 Å². The van der Waals surface area contributed by atoms with E-state index in [2.05, 4.69) is 10.2 Å². The molecule has 0 saturated carbocycles. The number of carboxylic acids is 1. The topological polar surface area (TPSA) is 52.6 Å². The molecule has 3 rings (SSSR count). The van der Waals surface area contributed by atoms with Gasteiger partial charge in [-0.25, -0.2) is 9.18 Å². The van der Waals surface area contributed by atoms with Crippen LogP contribution < -0.4 is 5.32 Å². The van der Waals surface area contributed by atoms with Crippen molar-refractivity contribution in [2.75, 3.05) is 13.1 Å². The summed E-state index contributed by atoms with van der Waals surface area (Å²) in [5.74, 6) is -1.88. The Labute approximate surface area is 124 Å². The van der Waals surface area contributed by atoms with Gasteiger partial charge in [-0.3, -0.25) is 4.90 Å². The Hall–Kier alpha value is -1.46. The molecule has 0 amide bonds. The Balaban J connectivity index is 1.60. The largest absolute Gasteiger partial charge is 0.478 e. The van der Waals surface area contributed by atoms with E-state index in [0.717, 1.165) is 18.5 Å². The SMILES string of the molecule is O=C(O)c1ccc(CNC2CCN3CCCCC23)cc1F. The molecular formula is C16H21FN2O2. The molecular weight excluding hydrogens is 271 g/mol. The second-order valence-corrected chi connectivity index (χ2v) is 5.99. The number of hydrogen-bond donors (Lipinski definition) is 2. The van der Waals surface area contributed by atoms with Gasteiger partial charge in [0.2, 0.25) is 0 Å². The molecule has 1 aromatic carbocycles. The van der Waals surface area contributed by atoms with Gasteiger partial charge in [0.05, 0.1) is 5.56 Å². The quantitative estimate of drug-likeness (QED) is 0.893. The average molecular weight is 292 g/mol. The summed E-state index contributed by atoms with van der Waals surface area (Å²) in [6, 6.07) is 5.43. The lowest BCUT2D eigenvalue weighted by molar-refractivity contribution is 0.0692. The van der Waals surface area contributed by atoms with E-state index in [1.165, 1.54) is 37.9 Å². The summed E-state index contributed by atoms with van der Waals surface area (Å²) in [6.07, 6.45) is 4.97. The molecule has 2 fully saturated rings. The van der Waals surface area contributed by atoms with Crippen molar-refractivity contribution >= 4 is 5.97 Å². The number of hydrogen-bond acceptors (Lipinski definition) is 3. The van der Waals surface area contributed by atoms with Gasteiger partial charge in [0.25, 0.3) is 0 Å². The molecule has 21 heavy (non-hydrogen) atoms. The summed E-state index contributed by atoms with van der Waals surface area (Å²) in [5, 5.41) is 12.3. The molecule has 114 valence electrons. The summed E-state index contributed by atoms with van der Waals surface area (Å²) < 4.78 is 13.7. The minimum Gasteiger partial charge on any atom is -0.478 e. The lowest BCUT2D eigenvalue weighted by atomic mass is 9.99. The summed E-state index contributed by atoms with van der Waals surface area (Å²) in [7, 11) is 0. The Kier molecular flexibility index (Phi) is 4.22. The minimum absolute atomic E-state index is 0.266. The minimum atomic E-state index is -1.22. The predicted molar refractivity (Wildman–Crippen MR) is 77.8 cm³/mol. The Morgan fingerprint density at radius 1 is 1.33 bits per heavy atom. The Morgan fingerprint density at radius 2 is 2.19 bits per heavy atom. The number of rotatable bonds is 4. The first-order valence-electron chi connectivity index (χ1n) is 7.64. The van der Waals surface area contributed by atoms with Gasteiger partial charge < -0.3 is 10.4 Å². The van der Waals surface area contributed by atoms with Gasteiger partial charge in [-0.05, 0) is 43.5 Å². The maximum absolute atomic E-state index is 13.7. The maximum Gasteiger partial charge on any atom is 0.338 e. The summed E-state index contributed by atoms with van der Waals surface area (Å²) in [5.41, 5.74) is 0.532. The fraction of sp³-hybridized carbons (Fsp3) is 0.562. The van der Waals surface area contributed by atoms with Crippen LogP contribution >= 0.6 is 0 Å². The number of piperidine rings is 1. The van der Waals surface area contributed by atoms with Gasteiger partial charge in [-0.15, -0.1) is 0 Å². The highest BCUT2D eigenvalue weighted by molar-refractivity contribution is 5.87. The second-order valence-electron chi connectivity index (χ2n) is 5.99. The first-order chi connectivity index (χ1) is 10.1. The van der Waals surface area contributed by atoms with Crippen LogP contribution in [0, 0.1) is 5.82 Å². The zero-order chi connectivity index (χ0) is 14.8. The zero-order valence-corrected chi connectivity index (χ0v) is 12.0. The van der Waals surface area contributed by atoms with E-state index in [1.54, 1.807) is 6.07 Å². The van der Waals surface area contributed by atoms with Crippen molar-refractivity contribution in [3.63, 3.8) is 0 Å². The fourth-order valence-electron chi connectivity index (χ4n) is 3.58. The molecule has 2 unspecified atom stereocenters. The Bertz CT molecular complexity index is 535. The fourth-order valence-corrected chi connectivity index (χ4v) is 3.58. The van der Waals surface area contributed by atoms with Crippen molar-refractivity contribution in [2.24, 2.45) is 0 Å². The second kappa shape index (κ2) is 6.12. The lowest BCUT2D eigenvalue weighted by Crippen LogP contribution is -2.44. The van der Waals surface area contributed by atoms with Crippen LogP contribution in [-0.4, -0.2) is 41.1 Å². The van der Waals surface area contributed by atoms with Crippen molar-refractivity contribution < 1.29 is 14.3 Å². The Morgan fingerprint density at radius 3 is 2.95 bits per heavy atom. The van der Waals surface area contributed by atoms with E-state index in [9.17, 15) is 9.18 Å². The molecule has 0 aromatic heterocycles. The van der Waals surface area contributed by atoms with Crippen molar-refractivity contribution in [3.05, 3.63) is 35.1 Å². The first kappa shape index (κ1) is 14.5. The van der Waals surface area contributed by atoms with E-state index < -0.39 is 11.8 Å². The number of fused-ring (bicyclic) bond motifs is 1. The van der Waals surface area contributed by atoms with Gasteiger partial charge in [-0.1, -0.05) is 12.5 Å². The molecule has 4 nitrogen and oxygen atoms in total. The van der Waals surface area contributed by atoms with E-state index in [4.69, 9.17) is 5.11 Å². The van der Waals surface area contributed by atoms with E-state index in [-0.39, 0.29) is 5.56 Å². The van der Waals surface area contributed by atoms with Crippen molar-refractivity contribution in [1.29, 1.82) is 0 Å². The number of nitrogens with zero attached hydrogens (tertiary/aromatic N) is 1. The van der Waals surface area contributed by atoms with E-state index >= 15 is 0 Å². The summed E-state index contributed by atoms with van der Waals surface area (Å²) >= 11 is 0. The van der Waals surface area contributed by atoms with Crippen LogP contribution in [-0.2, 0) is 6.54 Å². The highest BCUT2D eigenvalue weighted by atomic mass is 19.1. The van der Waals surface area contributed by atoms with Gasteiger partial charge >= 0.3 is 5.97 Å². The van der Waals surface area contributed by atoms with Crippen LogP contribution in [0.3, 0.4) is 0 Å². The number of carbonyl (C=O) groups is 1. The standard InChI is InChI=1S/C16H21FN2O2/c17-13-9-11(4-5-12(13)16(20)21)10-18-14-6-8-19-7-2-1-3-15(14)19/h4-5,9,14-15,18H,1-3,6-8,10H2,(H,20,21). The molecule has 2 aliphatic rings. The molecule has 0 spiro atoms. The number of benzene rings is 1.